The summed E-state index contributed by atoms with van der Waals surface area (Å²) in [6, 6.07) is 16.0. The molecule has 1 aliphatic heterocycles. The number of ether oxygens (including phenoxy) is 2. The maximum Gasteiger partial charge on any atom is 0.260 e. The van der Waals surface area contributed by atoms with Crippen LogP contribution in [0.3, 0.4) is 0 Å². The number of rotatable bonds is 7. The first-order valence-corrected chi connectivity index (χ1v) is 9.65. The number of nitrogens with zero attached hydrogens (tertiary/aromatic N) is 2. The predicted molar refractivity (Wildman–Crippen MR) is 112 cm³/mol. The molecule has 0 spiro atoms. The fourth-order valence-electron chi connectivity index (χ4n) is 3.21. The number of methoxy groups -OCH3 is 1. The van der Waals surface area contributed by atoms with Crippen LogP contribution < -0.4 is 9.47 Å². The van der Waals surface area contributed by atoms with Crippen LogP contribution in [0.15, 0.2) is 54.6 Å². The smallest absolute Gasteiger partial charge is 0.260 e. The first-order chi connectivity index (χ1) is 13.7. The van der Waals surface area contributed by atoms with Gasteiger partial charge in [0.05, 0.1) is 7.11 Å². The highest BCUT2D eigenvalue weighted by Crippen LogP contribution is 2.27. The van der Waals surface area contributed by atoms with Crippen molar-refractivity contribution in [2.24, 2.45) is 0 Å². The molecule has 0 N–H and O–H groups in total. The number of carbonyl (C=O) groups excluding carboxylic acids is 1. The van der Waals surface area contributed by atoms with Crippen LogP contribution in [-0.4, -0.2) is 62.1 Å². The van der Waals surface area contributed by atoms with Crippen LogP contribution in [-0.2, 0) is 4.79 Å². The highest BCUT2D eigenvalue weighted by atomic mass is 16.5. The van der Waals surface area contributed by atoms with Crippen LogP contribution >= 0.6 is 0 Å². The minimum Gasteiger partial charge on any atom is -0.493 e. The molecule has 0 saturated carbocycles. The van der Waals surface area contributed by atoms with Gasteiger partial charge < -0.3 is 14.4 Å². The van der Waals surface area contributed by atoms with Crippen molar-refractivity contribution in [3.05, 3.63) is 65.7 Å². The number of hydrogen-bond acceptors (Lipinski definition) is 4. The van der Waals surface area contributed by atoms with Crippen molar-refractivity contribution in [3.8, 4) is 11.5 Å². The van der Waals surface area contributed by atoms with E-state index in [2.05, 4.69) is 29.2 Å². The van der Waals surface area contributed by atoms with Gasteiger partial charge in [-0.3, -0.25) is 9.69 Å². The van der Waals surface area contributed by atoms with Gasteiger partial charge in [-0.15, -0.1) is 0 Å². The largest absolute Gasteiger partial charge is 0.493 e. The Morgan fingerprint density at radius 1 is 1.04 bits per heavy atom. The molecular weight excluding hydrogens is 352 g/mol. The molecule has 1 fully saturated rings. The van der Waals surface area contributed by atoms with Crippen molar-refractivity contribution in [2.45, 2.75) is 6.92 Å². The standard InChI is InChI=1S/C23H28N2O3/c1-19-10-11-21(22(17-19)27-2)28-18-23(26)25-15-13-24(14-16-25)12-6-9-20-7-4-3-5-8-20/h3-11,17H,12-16,18H2,1-2H3/b9-6+. The maximum absolute atomic E-state index is 12.5. The highest BCUT2D eigenvalue weighted by Gasteiger charge is 2.21. The molecule has 2 aromatic carbocycles. The fraction of sp³-hybridized carbons (Fsp3) is 0.348. The van der Waals surface area contributed by atoms with Crippen molar-refractivity contribution in [1.82, 2.24) is 9.80 Å². The highest BCUT2D eigenvalue weighted by molar-refractivity contribution is 5.78. The number of hydrogen-bond donors (Lipinski definition) is 0. The average Bonchev–Trinajstić information content (AvgIpc) is 2.74. The normalized spacial score (nSPS) is 15.0. The quantitative estimate of drug-likeness (QED) is 0.740. The Balaban J connectivity index is 1.42. The van der Waals surface area contributed by atoms with E-state index in [1.807, 2.05) is 48.2 Å². The molecule has 0 aliphatic carbocycles. The van der Waals surface area contributed by atoms with Crippen molar-refractivity contribution < 1.29 is 14.3 Å². The third-order valence-electron chi connectivity index (χ3n) is 4.87. The second-order valence-electron chi connectivity index (χ2n) is 6.94. The van der Waals surface area contributed by atoms with E-state index in [0.29, 0.717) is 11.5 Å². The summed E-state index contributed by atoms with van der Waals surface area (Å²) in [5, 5.41) is 0. The van der Waals surface area contributed by atoms with Crippen molar-refractivity contribution >= 4 is 12.0 Å². The lowest BCUT2D eigenvalue weighted by atomic mass is 10.2. The van der Waals surface area contributed by atoms with Gasteiger partial charge in [0.25, 0.3) is 5.91 Å². The third kappa shape index (κ3) is 5.60. The van der Waals surface area contributed by atoms with Crippen LogP contribution in [0.25, 0.3) is 6.08 Å². The van der Waals surface area contributed by atoms with Crippen molar-refractivity contribution in [3.63, 3.8) is 0 Å². The van der Waals surface area contributed by atoms with Gasteiger partial charge in [0, 0.05) is 32.7 Å². The molecule has 1 aliphatic rings. The number of benzene rings is 2. The van der Waals surface area contributed by atoms with Crippen LogP contribution in [0.5, 0.6) is 11.5 Å². The first-order valence-electron chi connectivity index (χ1n) is 9.65. The molecule has 0 aromatic heterocycles. The molecule has 148 valence electrons. The molecule has 1 heterocycles. The lowest BCUT2D eigenvalue weighted by Crippen LogP contribution is -2.49. The predicted octanol–water partition coefficient (Wildman–Crippen LogP) is 3.24. The van der Waals surface area contributed by atoms with Crippen LogP contribution in [0.1, 0.15) is 11.1 Å². The van der Waals surface area contributed by atoms with Gasteiger partial charge in [0.15, 0.2) is 18.1 Å². The van der Waals surface area contributed by atoms with E-state index < -0.39 is 0 Å². The number of amides is 1. The zero-order chi connectivity index (χ0) is 19.8. The molecule has 2 aromatic rings. The van der Waals surface area contributed by atoms with Gasteiger partial charge in [-0.1, -0.05) is 48.6 Å². The summed E-state index contributed by atoms with van der Waals surface area (Å²) >= 11 is 0. The van der Waals surface area contributed by atoms with Crippen molar-refractivity contribution in [1.29, 1.82) is 0 Å². The summed E-state index contributed by atoms with van der Waals surface area (Å²) < 4.78 is 11.0. The third-order valence-corrected chi connectivity index (χ3v) is 4.87. The van der Waals surface area contributed by atoms with Gasteiger partial charge in [0.1, 0.15) is 0 Å². The second kappa shape index (κ2) is 9.95. The molecular formula is C23H28N2O3. The van der Waals surface area contributed by atoms with Crippen LogP contribution in [0, 0.1) is 6.92 Å². The van der Waals surface area contributed by atoms with Gasteiger partial charge in [-0.25, -0.2) is 0 Å². The number of aryl methyl sites for hydroxylation is 1. The zero-order valence-corrected chi connectivity index (χ0v) is 16.6. The molecule has 0 radical (unpaired) electrons. The van der Waals surface area contributed by atoms with E-state index in [9.17, 15) is 4.79 Å². The van der Waals surface area contributed by atoms with E-state index in [-0.39, 0.29) is 12.5 Å². The Hall–Kier alpha value is -2.79. The Bertz CT molecular complexity index is 797. The molecule has 1 saturated heterocycles. The Labute approximate surface area is 167 Å². The van der Waals surface area contributed by atoms with Gasteiger partial charge in [0.2, 0.25) is 0 Å². The van der Waals surface area contributed by atoms with E-state index >= 15 is 0 Å². The van der Waals surface area contributed by atoms with Crippen LogP contribution in [0.2, 0.25) is 0 Å². The van der Waals surface area contributed by atoms with E-state index in [1.165, 1.54) is 5.56 Å². The SMILES string of the molecule is COc1cc(C)ccc1OCC(=O)N1CCN(C/C=C/c2ccccc2)CC1. The lowest BCUT2D eigenvalue weighted by Gasteiger charge is -2.34. The average molecular weight is 380 g/mol. The van der Waals surface area contributed by atoms with Gasteiger partial charge in [-0.05, 0) is 30.2 Å². The summed E-state index contributed by atoms with van der Waals surface area (Å²) in [5.74, 6) is 1.27. The molecule has 5 nitrogen and oxygen atoms in total. The molecule has 5 heteroatoms. The van der Waals surface area contributed by atoms with E-state index in [1.54, 1.807) is 7.11 Å². The fourth-order valence-corrected chi connectivity index (χ4v) is 3.21. The minimum atomic E-state index is 0.0158. The molecule has 3 rings (SSSR count). The summed E-state index contributed by atoms with van der Waals surface area (Å²) in [6.07, 6.45) is 4.32. The lowest BCUT2D eigenvalue weighted by molar-refractivity contribution is -0.135. The summed E-state index contributed by atoms with van der Waals surface area (Å²) in [6.45, 7) is 6.13. The molecule has 0 atom stereocenters. The second-order valence-corrected chi connectivity index (χ2v) is 6.94. The van der Waals surface area contributed by atoms with E-state index in [0.717, 1.165) is 38.3 Å². The summed E-state index contributed by atoms with van der Waals surface area (Å²) in [7, 11) is 1.61. The van der Waals surface area contributed by atoms with Gasteiger partial charge >= 0.3 is 0 Å². The number of carbonyl (C=O) groups is 1. The molecule has 1 amide bonds. The Morgan fingerprint density at radius 3 is 2.50 bits per heavy atom. The maximum atomic E-state index is 12.5. The first kappa shape index (κ1) is 20.0. The number of piperazine rings is 1. The summed E-state index contributed by atoms with van der Waals surface area (Å²) in [4.78, 5) is 16.7. The van der Waals surface area contributed by atoms with Crippen molar-refractivity contribution in [2.75, 3.05) is 46.4 Å². The topological polar surface area (TPSA) is 42.0 Å². The monoisotopic (exact) mass is 380 g/mol. The van der Waals surface area contributed by atoms with Gasteiger partial charge in [-0.2, -0.15) is 0 Å². The Kier molecular flexibility index (Phi) is 7.09. The van der Waals surface area contributed by atoms with Crippen LogP contribution in [0.4, 0.5) is 0 Å². The zero-order valence-electron chi connectivity index (χ0n) is 16.6. The Morgan fingerprint density at radius 2 is 1.79 bits per heavy atom. The molecule has 28 heavy (non-hydrogen) atoms. The summed E-state index contributed by atoms with van der Waals surface area (Å²) in [5.41, 5.74) is 2.30. The molecule has 0 unspecified atom stereocenters. The van der Waals surface area contributed by atoms with E-state index in [4.69, 9.17) is 9.47 Å². The molecule has 0 bridgehead atoms. The minimum absolute atomic E-state index is 0.0158.